The maximum Gasteiger partial charge on any atom is 0.229 e. The number of halogens is 1. The summed E-state index contributed by atoms with van der Waals surface area (Å²) in [4.78, 5) is 10.3. The van der Waals surface area contributed by atoms with Gasteiger partial charge in [0.15, 0.2) is 9.84 Å². The summed E-state index contributed by atoms with van der Waals surface area (Å²) in [5.41, 5.74) is 0.288. The van der Waals surface area contributed by atoms with Crippen molar-refractivity contribution in [3.05, 3.63) is 42.3 Å². The number of sulfone groups is 1. The van der Waals surface area contributed by atoms with Crippen LogP contribution in [0.3, 0.4) is 0 Å². The van der Waals surface area contributed by atoms with Gasteiger partial charge in [-0.05, 0) is 24.6 Å². The number of anilines is 3. The van der Waals surface area contributed by atoms with Crippen LogP contribution in [0.15, 0.2) is 36.5 Å². The van der Waals surface area contributed by atoms with Gasteiger partial charge in [-0.15, -0.1) is 0 Å². The quantitative estimate of drug-likeness (QED) is 0.920. The summed E-state index contributed by atoms with van der Waals surface area (Å²) < 4.78 is 36.9. The van der Waals surface area contributed by atoms with E-state index in [0.717, 1.165) is 0 Å². The highest BCUT2D eigenvalue weighted by Gasteiger charge is 2.31. The minimum atomic E-state index is -2.96. The van der Waals surface area contributed by atoms with Gasteiger partial charge in [0, 0.05) is 19.3 Å². The molecule has 1 saturated heterocycles. The van der Waals surface area contributed by atoms with Crippen molar-refractivity contribution >= 4 is 27.3 Å². The molecular weight excluding hydrogens is 319 g/mol. The molecule has 1 aliphatic heterocycles. The summed E-state index contributed by atoms with van der Waals surface area (Å²) in [6.07, 6.45) is 2.14. The van der Waals surface area contributed by atoms with Crippen LogP contribution in [0.4, 0.5) is 21.8 Å². The van der Waals surface area contributed by atoms with E-state index in [9.17, 15) is 12.8 Å². The fourth-order valence-electron chi connectivity index (χ4n) is 2.56. The largest absolute Gasteiger partial charge is 0.355 e. The Hall–Kier alpha value is -2.22. The summed E-state index contributed by atoms with van der Waals surface area (Å²) in [5, 5.41) is 2.83. The van der Waals surface area contributed by atoms with E-state index in [4.69, 9.17) is 0 Å². The molecule has 0 radical (unpaired) electrons. The molecule has 122 valence electrons. The second kappa shape index (κ2) is 6.11. The van der Waals surface area contributed by atoms with Crippen molar-refractivity contribution in [3.63, 3.8) is 0 Å². The topological polar surface area (TPSA) is 75.2 Å². The minimum Gasteiger partial charge on any atom is -0.355 e. The van der Waals surface area contributed by atoms with Crippen LogP contribution in [0, 0.1) is 5.82 Å². The first-order valence-electron chi connectivity index (χ1n) is 7.22. The molecule has 1 fully saturated rings. The number of rotatable bonds is 4. The van der Waals surface area contributed by atoms with Crippen molar-refractivity contribution in [3.8, 4) is 0 Å². The third-order valence-electron chi connectivity index (χ3n) is 3.88. The second-order valence-corrected chi connectivity index (χ2v) is 7.74. The first-order chi connectivity index (χ1) is 10.9. The molecule has 0 bridgehead atoms. The van der Waals surface area contributed by atoms with Crippen molar-refractivity contribution in [2.45, 2.75) is 12.5 Å². The number of para-hydroxylation sites is 1. The van der Waals surface area contributed by atoms with Crippen LogP contribution in [0.25, 0.3) is 0 Å². The summed E-state index contributed by atoms with van der Waals surface area (Å²) in [6, 6.07) is 7.87. The Bertz CT molecular complexity index is 813. The molecule has 1 atom stereocenters. The Balaban J connectivity index is 1.79. The fourth-order valence-corrected chi connectivity index (χ4v) is 4.33. The van der Waals surface area contributed by atoms with Crippen molar-refractivity contribution < 1.29 is 12.8 Å². The molecule has 23 heavy (non-hydrogen) atoms. The van der Waals surface area contributed by atoms with E-state index >= 15 is 0 Å². The van der Waals surface area contributed by atoms with Crippen LogP contribution in [-0.2, 0) is 9.84 Å². The van der Waals surface area contributed by atoms with Crippen LogP contribution >= 0.6 is 0 Å². The van der Waals surface area contributed by atoms with E-state index in [0.29, 0.717) is 12.2 Å². The van der Waals surface area contributed by atoms with Crippen molar-refractivity contribution in [1.82, 2.24) is 9.97 Å². The first kappa shape index (κ1) is 15.7. The van der Waals surface area contributed by atoms with Crippen LogP contribution in [0.2, 0.25) is 0 Å². The number of nitrogens with one attached hydrogen (secondary N) is 1. The van der Waals surface area contributed by atoms with E-state index in [1.807, 2.05) is 4.90 Å². The lowest BCUT2D eigenvalue weighted by atomic mass is 10.2. The molecule has 3 rings (SSSR count). The van der Waals surface area contributed by atoms with Crippen molar-refractivity contribution in [2.24, 2.45) is 0 Å². The number of aromatic nitrogens is 2. The number of hydrogen-bond donors (Lipinski definition) is 1. The highest BCUT2D eigenvalue weighted by atomic mass is 32.2. The third-order valence-corrected chi connectivity index (χ3v) is 5.63. The summed E-state index contributed by atoms with van der Waals surface area (Å²) in [7, 11) is -1.16. The lowest BCUT2D eigenvalue weighted by Crippen LogP contribution is -2.33. The van der Waals surface area contributed by atoms with Gasteiger partial charge in [-0.25, -0.2) is 17.8 Å². The zero-order valence-electron chi connectivity index (χ0n) is 12.6. The molecule has 6 nitrogen and oxygen atoms in total. The van der Waals surface area contributed by atoms with E-state index in [1.54, 1.807) is 37.5 Å². The van der Waals surface area contributed by atoms with Crippen molar-refractivity contribution in [2.75, 3.05) is 28.8 Å². The summed E-state index contributed by atoms with van der Waals surface area (Å²) >= 11 is 0. The third kappa shape index (κ3) is 3.58. The van der Waals surface area contributed by atoms with Gasteiger partial charge in [-0.2, -0.15) is 4.98 Å². The Morgan fingerprint density at radius 2 is 2.09 bits per heavy atom. The van der Waals surface area contributed by atoms with Crippen LogP contribution in [0.1, 0.15) is 6.42 Å². The number of benzene rings is 1. The van der Waals surface area contributed by atoms with Gasteiger partial charge < -0.3 is 10.2 Å². The normalized spacial score (nSPS) is 19.5. The minimum absolute atomic E-state index is 0.101. The molecule has 2 heterocycles. The maximum absolute atomic E-state index is 13.7. The molecule has 1 aliphatic rings. The average Bonchev–Trinajstić information content (AvgIpc) is 2.89. The van der Waals surface area contributed by atoms with Crippen LogP contribution in [0.5, 0.6) is 0 Å². The molecule has 8 heteroatoms. The summed E-state index contributed by atoms with van der Waals surface area (Å²) in [6.45, 7) is 0. The van der Waals surface area contributed by atoms with Crippen LogP contribution in [-0.4, -0.2) is 43.0 Å². The van der Waals surface area contributed by atoms with E-state index in [-0.39, 0.29) is 29.2 Å². The highest BCUT2D eigenvalue weighted by molar-refractivity contribution is 7.91. The Morgan fingerprint density at radius 3 is 2.78 bits per heavy atom. The molecule has 1 aromatic heterocycles. The fraction of sp³-hybridized carbons (Fsp3) is 0.333. The highest BCUT2D eigenvalue weighted by Crippen LogP contribution is 2.23. The predicted octanol–water partition coefficient (Wildman–Crippen LogP) is 1.98. The number of nitrogens with zero attached hydrogens (tertiary/aromatic N) is 3. The van der Waals surface area contributed by atoms with Gasteiger partial charge in [0.2, 0.25) is 5.95 Å². The molecule has 1 aromatic carbocycles. The van der Waals surface area contributed by atoms with Gasteiger partial charge in [0.25, 0.3) is 0 Å². The van der Waals surface area contributed by atoms with E-state index in [1.165, 1.54) is 6.07 Å². The molecule has 1 unspecified atom stereocenters. The molecule has 0 aliphatic carbocycles. The lowest BCUT2D eigenvalue weighted by molar-refractivity contribution is 0.600. The zero-order valence-corrected chi connectivity index (χ0v) is 13.4. The summed E-state index contributed by atoms with van der Waals surface area (Å²) in [5.74, 6) is 0.801. The standard InChI is InChI=1S/C15H17FN4O2S/c1-20(11-7-9-23(21,22)10-11)14-6-8-17-15(19-14)18-13-5-3-2-4-12(13)16/h2-6,8,11H,7,9-10H2,1H3,(H,17,18,19). The van der Waals surface area contributed by atoms with Gasteiger partial charge in [0.05, 0.1) is 17.2 Å². The Morgan fingerprint density at radius 1 is 1.30 bits per heavy atom. The van der Waals surface area contributed by atoms with Crippen LogP contribution < -0.4 is 10.2 Å². The lowest BCUT2D eigenvalue weighted by Gasteiger charge is -2.24. The van der Waals surface area contributed by atoms with Gasteiger partial charge >= 0.3 is 0 Å². The molecule has 0 amide bonds. The van der Waals surface area contributed by atoms with Gasteiger partial charge in [-0.3, -0.25) is 0 Å². The Labute approximate surface area is 134 Å². The monoisotopic (exact) mass is 336 g/mol. The SMILES string of the molecule is CN(c1ccnc(Nc2ccccc2F)n1)C1CCS(=O)(=O)C1. The molecular formula is C15H17FN4O2S. The van der Waals surface area contributed by atoms with E-state index in [2.05, 4.69) is 15.3 Å². The first-order valence-corrected chi connectivity index (χ1v) is 9.04. The Kier molecular flexibility index (Phi) is 4.16. The van der Waals surface area contributed by atoms with Gasteiger partial charge in [0.1, 0.15) is 11.6 Å². The smallest absolute Gasteiger partial charge is 0.229 e. The zero-order chi connectivity index (χ0) is 16.4. The molecule has 0 saturated carbocycles. The van der Waals surface area contributed by atoms with Crippen molar-refractivity contribution in [1.29, 1.82) is 0 Å². The average molecular weight is 336 g/mol. The molecule has 0 spiro atoms. The second-order valence-electron chi connectivity index (χ2n) is 5.51. The maximum atomic E-state index is 13.7. The van der Waals surface area contributed by atoms with Gasteiger partial charge in [-0.1, -0.05) is 12.1 Å². The van der Waals surface area contributed by atoms with E-state index < -0.39 is 15.7 Å². The predicted molar refractivity (Wildman–Crippen MR) is 87.2 cm³/mol. The molecule has 2 aromatic rings. The molecule has 1 N–H and O–H groups in total. The number of hydrogen-bond acceptors (Lipinski definition) is 6.